The molecule has 0 spiro atoms. The summed E-state index contributed by atoms with van der Waals surface area (Å²) in [6.07, 6.45) is 0.302. The zero-order valence-electron chi connectivity index (χ0n) is 16.3. The maximum Gasteiger partial charge on any atom is 0.251 e. The van der Waals surface area contributed by atoms with Gasteiger partial charge in [-0.15, -0.1) is 0 Å². The van der Waals surface area contributed by atoms with Gasteiger partial charge in [0.2, 0.25) is 11.8 Å². The first-order valence-corrected chi connectivity index (χ1v) is 9.70. The standard InChI is InChI=1S/C22H25N3O4/c26-20(11-16-29-19-9-5-2-6-10-19)24-12-14-25(15-13-24)21(27)17-23-22(28)18-7-3-1-4-8-18/h1-10H,11-17H2,(H,23,28). The summed E-state index contributed by atoms with van der Waals surface area (Å²) in [6.45, 7) is 2.18. The lowest BCUT2D eigenvalue weighted by Gasteiger charge is -2.34. The fourth-order valence-corrected chi connectivity index (χ4v) is 3.10. The fourth-order valence-electron chi connectivity index (χ4n) is 3.10. The molecule has 0 saturated carbocycles. The smallest absolute Gasteiger partial charge is 0.251 e. The monoisotopic (exact) mass is 395 g/mol. The Kier molecular flexibility index (Phi) is 7.22. The van der Waals surface area contributed by atoms with Gasteiger partial charge in [-0.05, 0) is 24.3 Å². The molecule has 3 rings (SSSR count). The number of amides is 3. The Morgan fingerprint density at radius 3 is 1.97 bits per heavy atom. The summed E-state index contributed by atoms with van der Waals surface area (Å²) < 4.78 is 5.57. The Morgan fingerprint density at radius 2 is 1.34 bits per heavy atom. The van der Waals surface area contributed by atoms with Crippen LogP contribution in [0.4, 0.5) is 0 Å². The average Bonchev–Trinajstić information content (AvgIpc) is 2.78. The molecular formula is C22H25N3O4. The molecule has 3 amide bonds. The van der Waals surface area contributed by atoms with Gasteiger partial charge in [0.15, 0.2) is 0 Å². The number of hydrogen-bond acceptors (Lipinski definition) is 4. The molecule has 1 aliphatic heterocycles. The molecule has 0 bridgehead atoms. The van der Waals surface area contributed by atoms with Crippen molar-refractivity contribution in [3.8, 4) is 5.75 Å². The van der Waals surface area contributed by atoms with Crippen molar-refractivity contribution in [1.29, 1.82) is 0 Å². The minimum atomic E-state index is -0.272. The molecule has 1 fully saturated rings. The van der Waals surface area contributed by atoms with Gasteiger partial charge in [0.25, 0.3) is 5.91 Å². The summed E-state index contributed by atoms with van der Waals surface area (Å²) in [5, 5.41) is 2.65. The second-order valence-electron chi connectivity index (χ2n) is 6.72. The zero-order valence-corrected chi connectivity index (χ0v) is 16.3. The Hall–Kier alpha value is -3.35. The molecule has 1 saturated heterocycles. The molecule has 7 heteroatoms. The molecule has 1 aliphatic rings. The van der Waals surface area contributed by atoms with E-state index in [1.165, 1.54) is 0 Å². The van der Waals surface area contributed by atoms with Crippen LogP contribution in [0.2, 0.25) is 0 Å². The predicted molar refractivity (Wildman–Crippen MR) is 108 cm³/mol. The molecule has 0 aliphatic carbocycles. The lowest BCUT2D eigenvalue weighted by atomic mass is 10.2. The number of rotatable bonds is 7. The number of hydrogen-bond donors (Lipinski definition) is 1. The van der Waals surface area contributed by atoms with Gasteiger partial charge in [0.1, 0.15) is 5.75 Å². The second kappa shape index (κ2) is 10.3. The number of benzene rings is 2. The average molecular weight is 395 g/mol. The first kappa shape index (κ1) is 20.4. The van der Waals surface area contributed by atoms with E-state index in [0.29, 0.717) is 44.8 Å². The third-order valence-corrected chi connectivity index (χ3v) is 4.75. The molecule has 29 heavy (non-hydrogen) atoms. The summed E-state index contributed by atoms with van der Waals surface area (Å²) in [5.41, 5.74) is 0.522. The SMILES string of the molecule is O=C(NCC(=O)N1CCN(C(=O)CCOc2ccccc2)CC1)c1ccccc1. The molecule has 0 unspecified atom stereocenters. The zero-order chi connectivity index (χ0) is 20.5. The van der Waals surface area contributed by atoms with E-state index in [0.717, 1.165) is 5.75 Å². The van der Waals surface area contributed by atoms with E-state index in [2.05, 4.69) is 5.32 Å². The van der Waals surface area contributed by atoms with Gasteiger partial charge in [0, 0.05) is 31.7 Å². The maximum atomic E-state index is 12.3. The van der Waals surface area contributed by atoms with Crippen molar-refractivity contribution in [2.45, 2.75) is 6.42 Å². The van der Waals surface area contributed by atoms with E-state index in [9.17, 15) is 14.4 Å². The van der Waals surface area contributed by atoms with Crippen molar-refractivity contribution in [3.63, 3.8) is 0 Å². The van der Waals surface area contributed by atoms with Gasteiger partial charge in [0.05, 0.1) is 19.6 Å². The third kappa shape index (κ3) is 6.07. The molecule has 0 radical (unpaired) electrons. The normalized spacial score (nSPS) is 13.7. The van der Waals surface area contributed by atoms with Gasteiger partial charge in [-0.1, -0.05) is 36.4 Å². The van der Waals surface area contributed by atoms with E-state index in [1.807, 2.05) is 36.4 Å². The largest absolute Gasteiger partial charge is 0.493 e. The Bertz CT molecular complexity index is 818. The summed E-state index contributed by atoms with van der Waals surface area (Å²) in [6, 6.07) is 18.2. The van der Waals surface area contributed by atoms with Crippen LogP contribution in [0, 0.1) is 0 Å². The van der Waals surface area contributed by atoms with E-state index in [1.54, 1.807) is 34.1 Å². The lowest BCUT2D eigenvalue weighted by Crippen LogP contribution is -2.52. The number of para-hydroxylation sites is 1. The molecule has 1 N–H and O–H groups in total. The minimum absolute atomic E-state index is 0.0189. The maximum absolute atomic E-state index is 12.3. The van der Waals surface area contributed by atoms with Crippen LogP contribution >= 0.6 is 0 Å². The number of nitrogens with zero attached hydrogens (tertiary/aromatic N) is 2. The van der Waals surface area contributed by atoms with Gasteiger partial charge >= 0.3 is 0 Å². The third-order valence-electron chi connectivity index (χ3n) is 4.75. The van der Waals surface area contributed by atoms with E-state index in [-0.39, 0.29) is 24.3 Å². The van der Waals surface area contributed by atoms with Gasteiger partial charge in [-0.3, -0.25) is 14.4 Å². The lowest BCUT2D eigenvalue weighted by molar-refractivity contribution is -0.139. The minimum Gasteiger partial charge on any atom is -0.493 e. The first-order chi connectivity index (χ1) is 14.1. The molecule has 7 nitrogen and oxygen atoms in total. The molecule has 1 heterocycles. The Labute approximate surface area is 170 Å². The Balaban J connectivity index is 1.35. The van der Waals surface area contributed by atoms with Gasteiger partial charge < -0.3 is 19.9 Å². The molecule has 2 aromatic rings. The van der Waals surface area contributed by atoms with Crippen molar-refractivity contribution >= 4 is 17.7 Å². The highest BCUT2D eigenvalue weighted by molar-refractivity contribution is 5.96. The summed E-state index contributed by atoms with van der Waals surface area (Å²) in [4.78, 5) is 40.1. The molecule has 152 valence electrons. The van der Waals surface area contributed by atoms with Crippen molar-refractivity contribution in [2.24, 2.45) is 0 Å². The van der Waals surface area contributed by atoms with Crippen molar-refractivity contribution < 1.29 is 19.1 Å². The first-order valence-electron chi connectivity index (χ1n) is 9.70. The van der Waals surface area contributed by atoms with Gasteiger partial charge in [-0.25, -0.2) is 0 Å². The summed E-state index contributed by atoms with van der Waals surface area (Å²) in [7, 11) is 0. The fraction of sp³-hybridized carbons (Fsp3) is 0.318. The van der Waals surface area contributed by atoms with Crippen LogP contribution in [-0.4, -0.2) is 66.9 Å². The van der Waals surface area contributed by atoms with Crippen molar-refractivity contribution in [3.05, 3.63) is 66.2 Å². The number of ether oxygens (including phenoxy) is 1. The van der Waals surface area contributed by atoms with Gasteiger partial charge in [-0.2, -0.15) is 0 Å². The number of carbonyl (C=O) groups excluding carboxylic acids is 3. The van der Waals surface area contributed by atoms with Crippen LogP contribution < -0.4 is 10.1 Å². The summed E-state index contributed by atoms with van der Waals surface area (Å²) in [5.74, 6) is 0.346. The predicted octanol–water partition coefficient (Wildman–Crippen LogP) is 1.56. The quantitative estimate of drug-likeness (QED) is 0.772. The number of carbonyl (C=O) groups is 3. The van der Waals surface area contributed by atoms with E-state index >= 15 is 0 Å². The molecular weight excluding hydrogens is 370 g/mol. The topological polar surface area (TPSA) is 79.0 Å². The van der Waals surface area contributed by atoms with E-state index < -0.39 is 0 Å². The van der Waals surface area contributed by atoms with Crippen LogP contribution in [-0.2, 0) is 9.59 Å². The Morgan fingerprint density at radius 1 is 0.793 bits per heavy atom. The number of piperazine rings is 1. The molecule has 0 atom stereocenters. The highest BCUT2D eigenvalue weighted by Gasteiger charge is 2.24. The molecule has 0 aromatic heterocycles. The molecule has 2 aromatic carbocycles. The van der Waals surface area contributed by atoms with Crippen LogP contribution in [0.1, 0.15) is 16.8 Å². The second-order valence-corrected chi connectivity index (χ2v) is 6.72. The van der Waals surface area contributed by atoms with E-state index in [4.69, 9.17) is 4.74 Å². The van der Waals surface area contributed by atoms with Crippen LogP contribution in [0.25, 0.3) is 0 Å². The summed E-state index contributed by atoms with van der Waals surface area (Å²) >= 11 is 0. The van der Waals surface area contributed by atoms with Crippen molar-refractivity contribution in [1.82, 2.24) is 15.1 Å². The van der Waals surface area contributed by atoms with Crippen LogP contribution in [0.15, 0.2) is 60.7 Å². The highest BCUT2D eigenvalue weighted by Crippen LogP contribution is 2.10. The van der Waals surface area contributed by atoms with Crippen LogP contribution in [0.3, 0.4) is 0 Å². The highest BCUT2D eigenvalue weighted by atomic mass is 16.5. The van der Waals surface area contributed by atoms with Crippen LogP contribution in [0.5, 0.6) is 5.75 Å². The van der Waals surface area contributed by atoms with Crippen molar-refractivity contribution in [2.75, 3.05) is 39.3 Å². The number of nitrogens with one attached hydrogen (secondary N) is 1.